The van der Waals surface area contributed by atoms with Gasteiger partial charge in [0.15, 0.2) is 5.82 Å². The lowest BCUT2D eigenvalue weighted by molar-refractivity contribution is -0.127. The molecule has 2 fully saturated rings. The minimum atomic E-state index is -0.328. The van der Waals surface area contributed by atoms with Crippen LogP contribution >= 0.6 is 0 Å². The van der Waals surface area contributed by atoms with Crippen LogP contribution in [-0.4, -0.2) is 52.6 Å². The van der Waals surface area contributed by atoms with E-state index >= 15 is 0 Å². The van der Waals surface area contributed by atoms with Crippen LogP contribution < -0.4 is 10.2 Å². The van der Waals surface area contributed by atoms with Crippen LogP contribution in [0.25, 0.3) is 10.9 Å². The van der Waals surface area contributed by atoms with Gasteiger partial charge in [0.05, 0.1) is 11.4 Å². The molecule has 2 aliphatic rings. The first-order valence-corrected chi connectivity index (χ1v) is 11.0. The fourth-order valence-corrected chi connectivity index (χ4v) is 4.64. The molecule has 1 aromatic heterocycles. The first kappa shape index (κ1) is 19.8. The Labute approximate surface area is 181 Å². The van der Waals surface area contributed by atoms with E-state index in [-0.39, 0.29) is 30.2 Å². The summed E-state index contributed by atoms with van der Waals surface area (Å²) in [5.74, 6) is 0.225. The fraction of sp³-hybridized carbons (Fsp3) is 0.375. The van der Waals surface area contributed by atoms with Crippen molar-refractivity contribution in [3.63, 3.8) is 0 Å². The highest BCUT2D eigenvalue weighted by Gasteiger charge is 2.37. The third-order valence-electron chi connectivity index (χ3n) is 6.38. The maximum Gasteiger partial charge on any atom is 0.229 e. The maximum absolute atomic E-state index is 12.9. The van der Waals surface area contributed by atoms with Crippen LogP contribution in [0.2, 0.25) is 0 Å². The number of aromatic amines is 1. The Kier molecular flexibility index (Phi) is 5.42. The molecule has 2 aliphatic heterocycles. The Morgan fingerprint density at radius 2 is 1.81 bits per heavy atom. The van der Waals surface area contributed by atoms with Crippen molar-refractivity contribution in [1.82, 2.24) is 20.4 Å². The van der Waals surface area contributed by atoms with Crippen LogP contribution in [0.5, 0.6) is 0 Å². The number of para-hydroxylation sites is 1. The van der Waals surface area contributed by atoms with Crippen molar-refractivity contribution in [3.8, 4) is 0 Å². The second kappa shape index (κ2) is 8.51. The van der Waals surface area contributed by atoms with E-state index in [0.717, 1.165) is 43.4 Å². The minimum absolute atomic E-state index is 0.0165. The highest BCUT2D eigenvalue weighted by molar-refractivity contribution is 6.05. The SMILES string of the molecule is O=C(NC1CCN(Cc2ccccc2)CC1)C1CC(=O)N(c2n[nH]c3ccccc23)C1. The van der Waals surface area contributed by atoms with Gasteiger partial charge >= 0.3 is 0 Å². The quantitative estimate of drug-likeness (QED) is 0.669. The molecule has 2 saturated heterocycles. The molecule has 31 heavy (non-hydrogen) atoms. The van der Waals surface area contributed by atoms with E-state index in [9.17, 15) is 9.59 Å². The van der Waals surface area contributed by atoms with Gasteiger partial charge in [-0.05, 0) is 30.5 Å². The van der Waals surface area contributed by atoms with E-state index in [2.05, 4.69) is 44.7 Å². The van der Waals surface area contributed by atoms with Gasteiger partial charge in [-0.2, -0.15) is 5.10 Å². The minimum Gasteiger partial charge on any atom is -0.353 e. The number of rotatable bonds is 5. The van der Waals surface area contributed by atoms with Crippen LogP contribution in [0.3, 0.4) is 0 Å². The fourth-order valence-electron chi connectivity index (χ4n) is 4.64. The Morgan fingerprint density at radius 3 is 2.61 bits per heavy atom. The van der Waals surface area contributed by atoms with E-state index in [1.165, 1.54) is 5.56 Å². The molecule has 2 amide bonds. The number of nitrogens with zero attached hydrogens (tertiary/aromatic N) is 3. The molecule has 2 aromatic carbocycles. The van der Waals surface area contributed by atoms with Crippen molar-refractivity contribution in [2.75, 3.05) is 24.5 Å². The molecule has 0 aliphatic carbocycles. The molecular weight excluding hydrogens is 390 g/mol. The molecule has 0 saturated carbocycles. The van der Waals surface area contributed by atoms with Crippen molar-refractivity contribution < 1.29 is 9.59 Å². The van der Waals surface area contributed by atoms with Gasteiger partial charge in [0.25, 0.3) is 0 Å². The predicted molar refractivity (Wildman–Crippen MR) is 119 cm³/mol. The normalized spacial score (nSPS) is 20.5. The van der Waals surface area contributed by atoms with Gasteiger partial charge in [0.2, 0.25) is 11.8 Å². The molecule has 5 rings (SSSR count). The van der Waals surface area contributed by atoms with Gasteiger partial charge < -0.3 is 5.32 Å². The molecule has 0 bridgehead atoms. The molecular formula is C24H27N5O2. The molecule has 160 valence electrons. The smallest absolute Gasteiger partial charge is 0.229 e. The van der Waals surface area contributed by atoms with Crippen molar-refractivity contribution >= 4 is 28.5 Å². The van der Waals surface area contributed by atoms with Gasteiger partial charge in [-0.15, -0.1) is 0 Å². The number of piperidine rings is 1. The zero-order chi connectivity index (χ0) is 21.2. The Bertz CT molecular complexity index is 1070. The lowest BCUT2D eigenvalue weighted by atomic mass is 10.0. The molecule has 3 heterocycles. The van der Waals surface area contributed by atoms with Gasteiger partial charge in [-0.25, -0.2) is 0 Å². The highest BCUT2D eigenvalue weighted by atomic mass is 16.2. The van der Waals surface area contributed by atoms with E-state index in [1.807, 2.05) is 30.3 Å². The number of aromatic nitrogens is 2. The van der Waals surface area contributed by atoms with Crippen LogP contribution in [0.1, 0.15) is 24.8 Å². The van der Waals surface area contributed by atoms with Crippen molar-refractivity contribution in [2.24, 2.45) is 5.92 Å². The number of hydrogen-bond acceptors (Lipinski definition) is 4. The van der Waals surface area contributed by atoms with Crippen LogP contribution in [0, 0.1) is 5.92 Å². The molecule has 2 N–H and O–H groups in total. The highest BCUT2D eigenvalue weighted by Crippen LogP contribution is 2.29. The first-order valence-electron chi connectivity index (χ1n) is 11.0. The molecule has 1 unspecified atom stereocenters. The topological polar surface area (TPSA) is 81.3 Å². The summed E-state index contributed by atoms with van der Waals surface area (Å²) in [6, 6.07) is 18.4. The lowest BCUT2D eigenvalue weighted by Crippen LogP contribution is -2.46. The first-order chi connectivity index (χ1) is 15.2. The summed E-state index contributed by atoms with van der Waals surface area (Å²) >= 11 is 0. The largest absolute Gasteiger partial charge is 0.353 e. The zero-order valence-electron chi connectivity index (χ0n) is 17.5. The Morgan fingerprint density at radius 1 is 1.06 bits per heavy atom. The van der Waals surface area contributed by atoms with Crippen LogP contribution in [0.4, 0.5) is 5.82 Å². The number of amides is 2. The molecule has 0 spiro atoms. The second-order valence-corrected chi connectivity index (χ2v) is 8.54. The van der Waals surface area contributed by atoms with E-state index in [4.69, 9.17) is 0 Å². The van der Waals surface area contributed by atoms with E-state index in [0.29, 0.717) is 12.4 Å². The average molecular weight is 418 g/mol. The van der Waals surface area contributed by atoms with Crippen molar-refractivity contribution in [2.45, 2.75) is 31.8 Å². The average Bonchev–Trinajstić information content (AvgIpc) is 3.39. The third kappa shape index (κ3) is 4.18. The summed E-state index contributed by atoms with van der Waals surface area (Å²) in [5, 5.41) is 11.4. The summed E-state index contributed by atoms with van der Waals surface area (Å²) in [6.45, 7) is 3.27. The molecule has 7 nitrogen and oxygen atoms in total. The van der Waals surface area contributed by atoms with E-state index in [1.54, 1.807) is 4.90 Å². The molecule has 3 aromatic rings. The number of anilines is 1. The van der Waals surface area contributed by atoms with Crippen molar-refractivity contribution in [1.29, 1.82) is 0 Å². The zero-order valence-corrected chi connectivity index (χ0v) is 17.5. The van der Waals surface area contributed by atoms with Crippen molar-refractivity contribution in [3.05, 3.63) is 60.2 Å². The van der Waals surface area contributed by atoms with Gasteiger partial charge in [-0.1, -0.05) is 42.5 Å². The lowest BCUT2D eigenvalue weighted by Gasteiger charge is -2.32. The number of nitrogens with one attached hydrogen (secondary N) is 2. The Balaban J connectivity index is 1.15. The summed E-state index contributed by atoms with van der Waals surface area (Å²) in [4.78, 5) is 29.6. The van der Waals surface area contributed by atoms with Crippen LogP contribution in [0.15, 0.2) is 54.6 Å². The third-order valence-corrected chi connectivity index (χ3v) is 6.38. The number of fused-ring (bicyclic) bond motifs is 1. The number of carbonyl (C=O) groups is 2. The summed E-state index contributed by atoms with van der Waals surface area (Å²) in [5.41, 5.74) is 2.21. The van der Waals surface area contributed by atoms with Gasteiger partial charge in [0.1, 0.15) is 0 Å². The number of benzene rings is 2. The number of likely N-dealkylation sites (tertiary alicyclic amines) is 1. The molecule has 1 atom stereocenters. The van der Waals surface area contributed by atoms with E-state index < -0.39 is 0 Å². The number of H-pyrrole nitrogens is 1. The monoisotopic (exact) mass is 417 g/mol. The predicted octanol–water partition coefficient (Wildman–Crippen LogP) is 2.70. The van der Waals surface area contributed by atoms with Crippen LogP contribution in [-0.2, 0) is 16.1 Å². The number of carbonyl (C=O) groups excluding carboxylic acids is 2. The molecule has 7 heteroatoms. The maximum atomic E-state index is 12.9. The number of hydrogen-bond donors (Lipinski definition) is 2. The summed E-state index contributed by atoms with van der Waals surface area (Å²) in [6.07, 6.45) is 2.11. The standard InChI is InChI=1S/C24H27N5O2/c30-22-14-18(16-29(22)23-20-8-4-5-9-21(20)26-27-23)24(31)25-19-10-12-28(13-11-19)15-17-6-2-1-3-7-17/h1-9,18-19H,10-16H2,(H,25,31)(H,26,27). The summed E-state index contributed by atoms with van der Waals surface area (Å²) < 4.78 is 0. The second-order valence-electron chi connectivity index (χ2n) is 8.54. The summed E-state index contributed by atoms with van der Waals surface area (Å²) in [7, 11) is 0. The van der Waals surface area contributed by atoms with Gasteiger partial charge in [-0.3, -0.25) is 24.5 Å². The van der Waals surface area contributed by atoms with Gasteiger partial charge in [0, 0.05) is 44.0 Å². The molecule has 0 radical (unpaired) electrons. The Hall–Kier alpha value is -3.19.